The Morgan fingerprint density at radius 3 is 2.90 bits per heavy atom. The lowest BCUT2D eigenvalue weighted by atomic mass is 9.98. The number of aromatic nitrogens is 4. The lowest BCUT2D eigenvalue weighted by Crippen LogP contribution is -2.23. The molecule has 0 N–H and O–H groups in total. The molecule has 29 heavy (non-hydrogen) atoms. The molecule has 3 heterocycles. The summed E-state index contributed by atoms with van der Waals surface area (Å²) in [5, 5.41) is 9.55. The topological polar surface area (TPSA) is 60.0 Å². The maximum absolute atomic E-state index is 5.45. The van der Waals surface area contributed by atoms with Gasteiger partial charge in [0.05, 0.1) is 5.69 Å². The van der Waals surface area contributed by atoms with Crippen LogP contribution in [-0.4, -0.2) is 50.0 Å². The Balaban J connectivity index is 1.10. The highest BCUT2D eigenvalue weighted by Gasteiger charge is 2.57. The van der Waals surface area contributed by atoms with Gasteiger partial charge in [0.2, 0.25) is 5.82 Å². The highest BCUT2D eigenvalue weighted by molar-refractivity contribution is 7.99. The van der Waals surface area contributed by atoms with Gasteiger partial charge in [-0.2, -0.15) is 0 Å². The fraction of sp³-hybridized carbons (Fsp3) is 0.500. The van der Waals surface area contributed by atoms with Crippen LogP contribution in [0.5, 0.6) is 0 Å². The van der Waals surface area contributed by atoms with E-state index in [0.29, 0.717) is 11.2 Å². The molecule has 1 unspecified atom stereocenters. The summed E-state index contributed by atoms with van der Waals surface area (Å²) in [7, 11) is 1.99. The van der Waals surface area contributed by atoms with Crippen molar-refractivity contribution in [2.45, 2.75) is 37.3 Å². The van der Waals surface area contributed by atoms with Gasteiger partial charge in [-0.05, 0) is 56.2 Å². The Bertz CT molecular complexity index is 984. The van der Waals surface area contributed by atoms with Gasteiger partial charge in [-0.3, -0.25) is 0 Å². The van der Waals surface area contributed by atoms with E-state index in [1.165, 1.54) is 50.9 Å². The summed E-state index contributed by atoms with van der Waals surface area (Å²) in [6.07, 6.45) is 5.34. The number of nitrogens with zero attached hydrogens (tertiary/aromatic N) is 5. The van der Waals surface area contributed by atoms with E-state index in [4.69, 9.17) is 4.42 Å². The molecular weight excluding hydrogens is 382 g/mol. The van der Waals surface area contributed by atoms with Crippen molar-refractivity contribution in [3.05, 3.63) is 48.0 Å². The van der Waals surface area contributed by atoms with E-state index in [0.717, 1.165) is 28.3 Å². The first-order chi connectivity index (χ1) is 14.2. The molecule has 2 atom stereocenters. The number of benzene rings is 1. The van der Waals surface area contributed by atoms with Crippen molar-refractivity contribution in [3.63, 3.8) is 0 Å². The van der Waals surface area contributed by atoms with E-state index < -0.39 is 0 Å². The average molecular weight is 410 g/mol. The molecule has 2 fully saturated rings. The number of oxazole rings is 1. The molecule has 2 aromatic heterocycles. The molecule has 1 aromatic carbocycles. The molecule has 0 bridgehead atoms. The molecular formula is C22H27N5OS. The summed E-state index contributed by atoms with van der Waals surface area (Å²) in [5.74, 6) is 3.27. The van der Waals surface area contributed by atoms with Crippen LogP contribution in [0.4, 0.5) is 0 Å². The standard InChI is InChI=1S/C22H27N5OS/c1-16-19(28-15-23-16)20-24-25-21(26(20)2)29-12-6-10-27-11-9-22(14-27)13-18(22)17-7-4-3-5-8-17/h3-5,7-8,15,18H,6,9-14H2,1-2H3/t18?,22-/m1/s1. The quantitative estimate of drug-likeness (QED) is 0.432. The molecule has 1 aliphatic carbocycles. The number of aryl methyl sites for hydroxylation is 1. The zero-order valence-electron chi connectivity index (χ0n) is 17.0. The predicted octanol–water partition coefficient (Wildman–Crippen LogP) is 4.14. The molecule has 1 aliphatic heterocycles. The molecule has 1 saturated carbocycles. The van der Waals surface area contributed by atoms with Gasteiger partial charge >= 0.3 is 0 Å². The maximum Gasteiger partial charge on any atom is 0.202 e. The second-order valence-corrected chi connectivity index (χ2v) is 9.45. The molecule has 1 saturated heterocycles. The van der Waals surface area contributed by atoms with E-state index in [-0.39, 0.29) is 0 Å². The van der Waals surface area contributed by atoms with Crippen LogP contribution >= 0.6 is 11.8 Å². The third-order valence-electron chi connectivity index (χ3n) is 6.49. The molecule has 1 spiro atoms. The number of likely N-dealkylation sites (tertiary alicyclic amines) is 1. The van der Waals surface area contributed by atoms with Gasteiger partial charge in [0.15, 0.2) is 17.3 Å². The lowest BCUT2D eigenvalue weighted by Gasteiger charge is -2.16. The molecule has 0 radical (unpaired) electrons. The fourth-order valence-corrected chi connectivity index (χ4v) is 5.57. The van der Waals surface area contributed by atoms with Crippen molar-refractivity contribution in [1.82, 2.24) is 24.6 Å². The number of hydrogen-bond acceptors (Lipinski definition) is 6. The van der Waals surface area contributed by atoms with Crippen LogP contribution in [0.25, 0.3) is 11.6 Å². The second kappa shape index (κ2) is 7.61. The van der Waals surface area contributed by atoms with Crippen molar-refractivity contribution >= 4 is 11.8 Å². The maximum atomic E-state index is 5.45. The highest BCUT2D eigenvalue weighted by Crippen LogP contribution is 2.64. The molecule has 152 valence electrons. The van der Waals surface area contributed by atoms with Gasteiger partial charge < -0.3 is 13.9 Å². The minimum atomic E-state index is 0.557. The Hall–Kier alpha value is -2.12. The molecule has 0 amide bonds. The van der Waals surface area contributed by atoms with Gasteiger partial charge in [0, 0.05) is 19.3 Å². The van der Waals surface area contributed by atoms with Crippen molar-refractivity contribution in [3.8, 4) is 11.6 Å². The van der Waals surface area contributed by atoms with Gasteiger partial charge in [-0.15, -0.1) is 10.2 Å². The zero-order valence-corrected chi connectivity index (χ0v) is 17.9. The minimum absolute atomic E-state index is 0.557. The summed E-state index contributed by atoms with van der Waals surface area (Å²) in [4.78, 5) is 6.80. The van der Waals surface area contributed by atoms with Crippen LogP contribution in [-0.2, 0) is 7.05 Å². The lowest BCUT2D eigenvalue weighted by molar-refractivity contribution is 0.319. The van der Waals surface area contributed by atoms with Crippen LogP contribution in [0.15, 0.2) is 46.3 Å². The zero-order chi connectivity index (χ0) is 19.8. The van der Waals surface area contributed by atoms with Crippen LogP contribution in [0.3, 0.4) is 0 Å². The molecule has 5 rings (SSSR count). The highest BCUT2D eigenvalue weighted by atomic mass is 32.2. The summed E-state index contributed by atoms with van der Waals surface area (Å²) in [5.41, 5.74) is 2.93. The largest absolute Gasteiger partial charge is 0.440 e. The SMILES string of the molecule is Cc1ncoc1-c1nnc(SCCCN2CC[C@@]3(CC3c3ccccc3)C2)n1C. The first-order valence-electron chi connectivity index (χ1n) is 10.4. The Labute approximate surface area is 175 Å². The Morgan fingerprint density at radius 2 is 2.10 bits per heavy atom. The molecule has 7 heteroatoms. The number of hydrogen-bond donors (Lipinski definition) is 0. The summed E-state index contributed by atoms with van der Waals surface area (Å²) >= 11 is 1.77. The van der Waals surface area contributed by atoms with Crippen molar-refractivity contribution in [2.75, 3.05) is 25.4 Å². The molecule has 3 aromatic rings. The number of rotatable bonds is 7. The van der Waals surface area contributed by atoms with Gasteiger partial charge in [0.1, 0.15) is 0 Å². The van der Waals surface area contributed by atoms with Gasteiger partial charge in [-0.1, -0.05) is 42.1 Å². The van der Waals surface area contributed by atoms with E-state index >= 15 is 0 Å². The summed E-state index contributed by atoms with van der Waals surface area (Å²) < 4.78 is 7.45. The fourth-order valence-electron chi connectivity index (χ4n) is 4.74. The van der Waals surface area contributed by atoms with Crippen molar-refractivity contribution in [1.29, 1.82) is 0 Å². The third-order valence-corrected chi connectivity index (χ3v) is 7.60. The predicted molar refractivity (Wildman–Crippen MR) is 114 cm³/mol. The van der Waals surface area contributed by atoms with Crippen LogP contribution < -0.4 is 0 Å². The first kappa shape index (κ1) is 18.9. The van der Waals surface area contributed by atoms with E-state index in [1.54, 1.807) is 11.8 Å². The Morgan fingerprint density at radius 1 is 1.24 bits per heavy atom. The second-order valence-electron chi connectivity index (χ2n) is 8.39. The third kappa shape index (κ3) is 3.62. The Kier molecular flexibility index (Phi) is 4.95. The van der Waals surface area contributed by atoms with E-state index in [9.17, 15) is 0 Å². The average Bonchev–Trinajstić information content (AvgIpc) is 3.02. The van der Waals surface area contributed by atoms with Crippen LogP contribution in [0.2, 0.25) is 0 Å². The van der Waals surface area contributed by atoms with Crippen LogP contribution in [0, 0.1) is 12.3 Å². The van der Waals surface area contributed by atoms with E-state index in [1.807, 2.05) is 18.5 Å². The number of thioether (sulfide) groups is 1. The molecule has 6 nitrogen and oxygen atoms in total. The van der Waals surface area contributed by atoms with Gasteiger partial charge in [-0.25, -0.2) is 4.98 Å². The van der Waals surface area contributed by atoms with Gasteiger partial charge in [0.25, 0.3) is 0 Å². The van der Waals surface area contributed by atoms with Crippen molar-refractivity contribution < 1.29 is 4.42 Å². The minimum Gasteiger partial charge on any atom is -0.440 e. The molecule has 2 aliphatic rings. The van der Waals surface area contributed by atoms with Crippen molar-refractivity contribution in [2.24, 2.45) is 12.5 Å². The summed E-state index contributed by atoms with van der Waals surface area (Å²) in [6, 6.07) is 11.1. The van der Waals surface area contributed by atoms with Crippen LogP contribution in [0.1, 0.15) is 36.4 Å². The smallest absolute Gasteiger partial charge is 0.202 e. The summed E-state index contributed by atoms with van der Waals surface area (Å²) in [6.45, 7) is 5.59. The monoisotopic (exact) mass is 409 g/mol. The van der Waals surface area contributed by atoms with E-state index in [2.05, 4.69) is 50.4 Å². The normalized spacial score (nSPS) is 23.9. The first-order valence-corrected chi connectivity index (χ1v) is 11.3.